The zero-order valence-electron chi connectivity index (χ0n) is 24.9. The molecule has 0 atom stereocenters. The molecule has 4 nitrogen and oxygen atoms in total. The molecule has 4 saturated carbocycles. The quantitative estimate of drug-likeness (QED) is 0.196. The molecule has 7 rings (SSSR count). The number of hydrogen-bond acceptors (Lipinski definition) is 2. The normalized spacial score (nSPS) is 27.4. The van der Waals surface area contributed by atoms with Gasteiger partial charge in [-0.05, 0) is 129 Å². The molecule has 4 bridgehead atoms. The van der Waals surface area contributed by atoms with E-state index < -0.39 is 0 Å². The fraction of sp³-hybridized carbons (Fsp3) is 0.459. The molecule has 0 spiro atoms. The highest BCUT2D eigenvalue weighted by Gasteiger charge is 2.49. The third kappa shape index (κ3) is 5.98. The van der Waals surface area contributed by atoms with Crippen molar-refractivity contribution in [3.05, 3.63) is 95.1 Å². The SMILES string of the molecule is CC=C(OC)C(=CCCc1ccc2cc(C(=O)NC3=CCC=[N+](CC)C=C3)ccc2c1)C1C2CC3CC(C2)CC1C3. The molecule has 214 valence electrons. The van der Waals surface area contributed by atoms with Gasteiger partial charge in [0.25, 0.3) is 5.91 Å². The van der Waals surface area contributed by atoms with E-state index in [-0.39, 0.29) is 5.91 Å². The monoisotopic (exact) mass is 549 g/mol. The van der Waals surface area contributed by atoms with Gasteiger partial charge in [0.2, 0.25) is 0 Å². The maximum absolute atomic E-state index is 13.0. The molecule has 0 saturated heterocycles. The fourth-order valence-electron chi connectivity index (χ4n) is 8.37. The van der Waals surface area contributed by atoms with Gasteiger partial charge in [0.1, 0.15) is 18.5 Å². The molecule has 5 aliphatic rings. The van der Waals surface area contributed by atoms with Crippen LogP contribution in [0.25, 0.3) is 10.8 Å². The number of aryl methyl sites for hydroxylation is 1. The Morgan fingerprint density at radius 2 is 1.76 bits per heavy atom. The first-order valence-corrected chi connectivity index (χ1v) is 15.8. The lowest BCUT2D eigenvalue weighted by Crippen LogP contribution is -2.46. The fourth-order valence-corrected chi connectivity index (χ4v) is 8.37. The van der Waals surface area contributed by atoms with Crippen LogP contribution in [0.5, 0.6) is 0 Å². The van der Waals surface area contributed by atoms with Gasteiger partial charge in [-0.25, -0.2) is 4.58 Å². The predicted octanol–water partition coefficient (Wildman–Crippen LogP) is 7.96. The highest BCUT2D eigenvalue weighted by Crippen LogP contribution is 2.59. The summed E-state index contributed by atoms with van der Waals surface area (Å²) in [6.07, 6.45) is 22.8. The Bertz CT molecular complexity index is 1430. The van der Waals surface area contributed by atoms with Crippen molar-refractivity contribution in [1.82, 2.24) is 5.32 Å². The number of fused-ring (bicyclic) bond motifs is 1. The number of rotatable bonds is 9. The number of nitrogens with one attached hydrogen (secondary N) is 1. The number of allylic oxidation sites excluding steroid dienone is 5. The van der Waals surface area contributed by atoms with Crippen molar-refractivity contribution in [2.45, 2.75) is 65.2 Å². The van der Waals surface area contributed by atoms with E-state index in [1.54, 1.807) is 0 Å². The van der Waals surface area contributed by atoms with E-state index in [2.05, 4.69) is 66.4 Å². The lowest BCUT2D eigenvalue weighted by Gasteiger charge is -2.55. The Kier molecular flexibility index (Phi) is 8.27. The summed E-state index contributed by atoms with van der Waals surface area (Å²) in [5.41, 5.74) is 4.33. The summed E-state index contributed by atoms with van der Waals surface area (Å²) in [7, 11) is 1.83. The van der Waals surface area contributed by atoms with E-state index in [1.807, 2.05) is 37.6 Å². The van der Waals surface area contributed by atoms with E-state index in [9.17, 15) is 4.79 Å². The molecule has 0 aromatic heterocycles. The van der Waals surface area contributed by atoms with E-state index in [1.165, 1.54) is 48.6 Å². The molecule has 0 unspecified atom stereocenters. The summed E-state index contributed by atoms with van der Waals surface area (Å²) in [6, 6.07) is 12.7. The number of ether oxygens (including phenoxy) is 1. The smallest absolute Gasteiger partial charge is 0.255 e. The minimum Gasteiger partial charge on any atom is -0.497 e. The lowest BCUT2D eigenvalue weighted by atomic mass is 9.50. The number of nitrogens with zero attached hydrogens (tertiary/aromatic N) is 1. The highest BCUT2D eigenvalue weighted by molar-refractivity contribution is 5.99. The van der Waals surface area contributed by atoms with Crippen LogP contribution >= 0.6 is 0 Å². The zero-order valence-corrected chi connectivity index (χ0v) is 24.9. The second kappa shape index (κ2) is 12.2. The van der Waals surface area contributed by atoms with E-state index in [0.29, 0.717) is 11.5 Å². The van der Waals surface area contributed by atoms with Crippen LogP contribution in [0.2, 0.25) is 0 Å². The molecule has 4 fully saturated rings. The maximum Gasteiger partial charge on any atom is 0.255 e. The van der Waals surface area contributed by atoms with Crippen LogP contribution in [0.1, 0.15) is 74.7 Å². The summed E-state index contributed by atoms with van der Waals surface area (Å²) in [6.45, 7) is 5.15. The van der Waals surface area contributed by atoms with Crippen LogP contribution < -0.4 is 5.32 Å². The van der Waals surface area contributed by atoms with Crippen LogP contribution in [0.15, 0.2) is 83.9 Å². The number of carbonyl (C=O) groups excluding carboxylic acids is 1. The molecular formula is C37H45N2O2+. The number of hydrogen-bond donors (Lipinski definition) is 1. The van der Waals surface area contributed by atoms with Gasteiger partial charge in [-0.3, -0.25) is 4.79 Å². The Hall–Kier alpha value is -3.40. The highest BCUT2D eigenvalue weighted by atomic mass is 16.5. The summed E-state index contributed by atoms with van der Waals surface area (Å²) >= 11 is 0. The summed E-state index contributed by atoms with van der Waals surface area (Å²) in [5, 5.41) is 5.34. The molecule has 1 amide bonds. The van der Waals surface area contributed by atoms with E-state index in [0.717, 1.165) is 66.3 Å². The largest absolute Gasteiger partial charge is 0.497 e. The third-order valence-corrected chi connectivity index (χ3v) is 10.1. The molecule has 1 N–H and O–H groups in total. The molecule has 41 heavy (non-hydrogen) atoms. The Morgan fingerprint density at radius 1 is 1.02 bits per heavy atom. The molecular weight excluding hydrogens is 504 g/mol. The summed E-state index contributed by atoms with van der Waals surface area (Å²) < 4.78 is 8.05. The van der Waals surface area contributed by atoms with E-state index in [4.69, 9.17) is 4.74 Å². The Labute approximate surface area is 245 Å². The molecule has 4 aliphatic carbocycles. The summed E-state index contributed by atoms with van der Waals surface area (Å²) in [5.74, 6) is 5.32. The van der Waals surface area contributed by atoms with Gasteiger partial charge in [-0.15, -0.1) is 0 Å². The van der Waals surface area contributed by atoms with Gasteiger partial charge >= 0.3 is 0 Å². The Balaban J connectivity index is 1.13. The summed E-state index contributed by atoms with van der Waals surface area (Å²) in [4.78, 5) is 13.0. The molecule has 1 aliphatic heterocycles. The van der Waals surface area contributed by atoms with Crippen molar-refractivity contribution < 1.29 is 14.1 Å². The first-order chi connectivity index (χ1) is 20.0. The van der Waals surface area contributed by atoms with Gasteiger partial charge in [-0.1, -0.05) is 36.4 Å². The van der Waals surface area contributed by atoms with Crippen LogP contribution in [0.4, 0.5) is 0 Å². The number of benzene rings is 2. The third-order valence-electron chi connectivity index (χ3n) is 10.1. The maximum atomic E-state index is 13.0. The van der Waals surface area contributed by atoms with Gasteiger partial charge in [-0.2, -0.15) is 0 Å². The van der Waals surface area contributed by atoms with Crippen LogP contribution in [0.3, 0.4) is 0 Å². The van der Waals surface area contributed by atoms with Crippen molar-refractivity contribution >= 4 is 22.9 Å². The number of carbonyl (C=O) groups is 1. The molecule has 0 radical (unpaired) electrons. The van der Waals surface area contributed by atoms with Crippen molar-refractivity contribution in [2.24, 2.45) is 29.6 Å². The average molecular weight is 550 g/mol. The Morgan fingerprint density at radius 3 is 2.46 bits per heavy atom. The average Bonchev–Trinajstić information content (AvgIpc) is 3.21. The van der Waals surface area contributed by atoms with Crippen molar-refractivity contribution in [3.63, 3.8) is 0 Å². The van der Waals surface area contributed by atoms with Crippen LogP contribution in [-0.4, -0.2) is 30.4 Å². The zero-order chi connectivity index (χ0) is 28.3. The minimum atomic E-state index is -0.0720. The molecule has 2 aromatic carbocycles. The number of methoxy groups -OCH3 is 1. The molecule has 1 heterocycles. The second-order valence-corrected chi connectivity index (χ2v) is 12.6. The van der Waals surface area contributed by atoms with Gasteiger partial charge in [0.05, 0.1) is 7.11 Å². The standard InChI is InChI=1S/C37H44N2O2/c1-4-35(41-3)34(36-31-20-26-18-27(22-31)23-32(36)21-26)10-6-8-25-11-12-29-24-30(14-13-28(29)19-25)37(40)38-33-9-7-16-39(5-2)17-15-33/h4,9-17,19,24,26-27,31-32,36H,5-8,18,20-23H2,1-3H3/p+1. The van der Waals surface area contributed by atoms with Crippen molar-refractivity contribution in [3.8, 4) is 0 Å². The van der Waals surface area contributed by atoms with E-state index >= 15 is 0 Å². The predicted molar refractivity (Wildman–Crippen MR) is 168 cm³/mol. The number of amides is 1. The first kappa shape index (κ1) is 27.8. The second-order valence-electron chi connectivity index (χ2n) is 12.6. The first-order valence-electron chi connectivity index (χ1n) is 15.8. The van der Waals surface area contributed by atoms with Crippen LogP contribution in [-0.2, 0) is 11.2 Å². The lowest BCUT2D eigenvalue weighted by molar-refractivity contribution is -0.448. The molecule has 2 aromatic rings. The van der Waals surface area contributed by atoms with Gasteiger partial charge in [0.15, 0.2) is 6.20 Å². The van der Waals surface area contributed by atoms with Gasteiger partial charge < -0.3 is 10.1 Å². The van der Waals surface area contributed by atoms with Crippen molar-refractivity contribution in [2.75, 3.05) is 13.7 Å². The molecule has 4 heteroatoms. The minimum absolute atomic E-state index is 0.0720. The van der Waals surface area contributed by atoms with Crippen molar-refractivity contribution in [1.29, 1.82) is 0 Å². The van der Waals surface area contributed by atoms with Gasteiger partial charge in [0, 0.05) is 23.8 Å². The van der Waals surface area contributed by atoms with Crippen LogP contribution in [0, 0.1) is 29.6 Å². The topological polar surface area (TPSA) is 41.3 Å².